The smallest absolute Gasteiger partial charge is 0.126 e. The normalized spacial score (nSPS) is 51.0. The van der Waals surface area contributed by atoms with Crippen LogP contribution in [0.4, 0.5) is 0 Å². The van der Waals surface area contributed by atoms with Gasteiger partial charge in [-0.15, -0.1) is 0 Å². The van der Waals surface area contributed by atoms with Crippen molar-refractivity contribution in [1.82, 2.24) is 0 Å². The predicted octanol–water partition coefficient (Wildman–Crippen LogP) is 2.94. The summed E-state index contributed by atoms with van der Waals surface area (Å²) in [7, 11) is 0. The highest BCUT2D eigenvalue weighted by Gasteiger charge is 2.15. The molecule has 0 N–H and O–H groups in total. The van der Waals surface area contributed by atoms with Gasteiger partial charge in [0.25, 0.3) is 0 Å². The molecule has 0 fully saturated rings. The summed E-state index contributed by atoms with van der Waals surface area (Å²) in [5.41, 5.74) is 0.217. The molecule has 0 saturated heterocycles. The molecule has 1 aromatic carbocycles. The van der Waals surface area contributed by atoms with Crippen LogP contribution in [0, 0.1) is 5.89 Å². The SMILES string of the molecule is [2H]C(=O)C1([2H])C=CC([2H])(c2ccccc2)C([2H])([2H])C1([2H])[2H]. The van der Waals surface area contributed by atoms with E-state index in [0.717, 1.165) is 12.2 Å². The molecule has 2 atom stereocenters. The van der Waals surface area contributed by atoms with Crippen molar-refractivity contribution in [2.24, 2.45) is 5.89 Å². The van der Waals surface area contributed by atoms with Crippen LogP contribution in [0.2, 0.25) is 0 Å². The van der Waals surface area contributed by atoms with Crippen molar-refractivity contribution in [2.75, 3.05) is 0 Å². The third-order valence-corrected chi connectivity index (χ3v) is 1.94. The van der Waals surface area contributed by atoms with Gasteiger partial charge in [-0.25, -0.2) is 0 Å². The number of carbonyl (C=O) groups is 1. The molecule has 1 nitrogen and oxygen atoms in total. The molecule has 0 amide bonds. The standard InChI is InChI=1S/C13H14O/c14-10-11-6-8-13(9-7-11)12-4-2-1-3-5-12/h1-6,8,10-11,13H,7,9H2/i7D2,9D2,10D,11D,13D. The van der Waals surface area contributed by atoms with Gasteiger partial charge in [0.1, 0.15) is 7.63 Å². The second-order valence-corrected chi connectivity index (χ2v) is 2.88. The average molecular weight is 193 g/mol. The molecule has 0 aromatic heterocycles. The van der Waals surface area contributed by atoms with Gasteiger partial charge in [0.05, 0.1) is 0 Å². The minimum atomic E-state index is -3.02. The summed E-state index contributed by atoms with van der Waals surface area (Å²) in [6.07, 6.45) is -5.60. The van der Waals surface area contributed by atoms with E-state index in [1.54, 1.807) is 18.2 Å². The van der Waals surface area contributed by atoms with Gasteiger partial charge in [-0.2, -0.15) is 0 Å². The van der Waals surface area contributed by atoms with Gasteiger partial charge in [0.2, 0.25) is 0 Å². The molecule has 1 heteroatoms. The summed E-state index contributed by atoms with van der Waals surface area (Å²) in [5.74, 6) is -4.76. The maximum Gasteiger partial charge on any atom is 0.126 e. The van der Waals surface area contributed by atoms with Crippen LogP contribution >= 0.6 is 0 Å². The van der Waals surface area contributed by atoms with E-state index in [2.05, 4.69) is 0 Å². The van der Waals surface area contributed by atoms with Crippen LogP contribution in [0.5, 0.6) is 0 Å². The molecule has 0 aliphatic heterocycles. The third-order valence-electron chi connectivity index (χ3n) is 1.94. The predicted molar refractivity (Wildman–Crippen MR) is 57.1 cm³/mol. The summed E-state index contributed by atoms with van der Waals surface area (Å²) in [6, 6.07) is 7.87. The van der Waals surface area contributed by atoms with Crippen LogP contribution in [0.1, 0.15) is 33.8 Å². The van der Waals surface area contributed by atoms with Gasteiger partial charge in [0.15, 0.2) is 0 Å². The maximum absolute atomic E-state index is 11.3. The Bertz CT molecular complexity index is 598. The molecule has 0 bridgehead atoms. The fourth-order valence-corrected chi connectivity index (χ4v) is 1.23. The lowest BCUT2D eigenvalue weighted by Gasteiger charge is -2.19. The largest absolute Gasteiger partial charge is 0.303 e. The molecule has 2 unspecified atom stereocenters. The quantitative estimate of drug-likeness (QED) is 0.521. The van der Waals surface area contributed by atoms with Gasteiger partial charge in [0, 0.05) is 20.0 Å². The lowest BCUT2D eigenvalue weighted by atomic mass is 9.85. The minimum absolute atomic E-state index is 0.217. The van der Waals surface area contributed by atoms with Crippen LogP contribution in [-0.2, 0) is 4.79 Å². The van der Waals surface area contributed by atoms with E-state index < -0.39 is 30.8 Å². The zero-order valence-electron chi connectivity index (χ0n) is 14.4. The van der Waals surface area contributed by atoms with Gasteiger partial charge >= 0.3 is 0 Å². The summed E-state index contributed by atoms with van der Waals surface area (Å²) < 4.78 is 55.3. The molecule has 1 aliphatic rings. The first-order valence-corrected chi connectivity index (χ1v) is 4.28. The molecule has 2 rings (SSSR count). The molecule has 0 spiro atoms. The highest BCUT2D eigenvalue weighted by Crippen LogP contribution is 2.29. The number of hydrogen-bond acceptors (Lipinski definition) is 1. The molecule has 0 radical (unpaired) electrons. The Morgan fingerprint density at radius 2 is 2.14 bits per heavy atom. The number of benzene rings is 1. The number of carbonyl (C=O) groups excluding carboxylic acids is 1. The van der Waals surface area contributed by atoms with Crippen molar-refractivity contribution in [1.29, 1.82) is 0 Å². The Hall–Kier alpha value is -1.37. The average Bonchev–Trinajstić information content (AvgIpc) is 2.43. The van der Waals surface area contributed by atoms with Crippen LogP contribution in [0.25, 0.3) is 0 Å². The highest BCUT2D eigenvalue weighted by atomic mass is 16.1. The Kier molecular flexibility index (Phi) is 1.21. The van der Waals surface area contributed by atoms with E-state index in [1.165, 1.54) is 12.1 Å². The molecular weight excluding hydrogens is 172 g/mol. The van der Waals surface area contributed by atoms with Gasteiger partial charge in [-0.3, -0.25) is 0 Å². The Labute approximate surface area is 94.3 Å². The first kappa shape index (κ1) is 4.01. The zero-order valence-corrected chi connectivity index (χ0v) is 7.45. The fourth-order valence-electron chi connectivity index (χ4n) is 1.23. The van der Waals surface area contributed by atoms with Crippen LogP contribution in [0.3, 0.4) is 0 Å². The van der Waals surface area contributed by atoms with Gasteiger partial charge in [-0.05, 0) is 18.3 Å². The molecule has 1 aromatic rings. The molecule has 72 valence electrons. The van der Waals surface area contributed by atoms with Crippen molar-refractivity contribution >= 4 is 6.26 Å². The monoisotopic (exact) mass is 193 g/mol. The van der Waals surface area contributed by atoms with Crippen molar-refractivity contribution in [3.8, 4) is 0 Å². The summed E-state index contributed by atoms with van der Waals surface area (Å²) in [4.78, 5) is 11.3. The second kappa shape index (κ2) is 4.23. The molecule has 14 heavy (non-hydrogen) atoms. The lowest BCUT2D eigenvalue weighted by molar-refractivity contribution is -0.110. The zero-order chi connectivity index (χ0) is 16.1. The van der Waals surface area contributed by atoms with E-state index in [4.69, 9.17) is 9.60 Å². The first-order valence-electron chi connectivity index (χ1n) is 7.78. The number of allylic oxidation sites excluding steroid dienone is 2. The summed E-state index contributed by atoms with van der Waals surface area (Å²) >= 11 is 0. The first-order chi connectivity index (χ1) is 9.51. The van der Waals surface area contributed by atoms with Crippen LogP contribution < -0.4 is 0 Å². The Balaban J connectivity index is 2.71. The Morgan fingerprint density at radius 3 is 2.86 bits per heavy atom. The summed E-state index contributed by atoms with van der Waals surface area (Å²) in [6.45, 7) is 0. The van der Waals surface area contributed by atoms with E-state index in [1.807, 2.05) is 0 Å². The van der Waals surface area contributed by atoms with E-state index in [0.29, 0.717) is 0 Å². The van der Waals surface area contributed by atoms with Crippen molar-refractivity contribution < 1.29 is 14.4 Å². The van der Waals surface area contributed by atoms with Crippen LogP contribution in [-0.4, -0.2) is 6.26 Å². The molecule has 0 saturated carbocycles. The fraction of sp³-hybridized carbons (Fsp3) is 0.308. The lowest BCUT2D eigenvalue weighted by Crippen LogP contribution is -2.08. The molecule has 0 heterocycles. The van der Waals surface area contributed by atoms with Crippen molar-refractivity contribution in [3.63, 3.8) is 0 Å². The maximum atomic E-state index is 11.3. The van der Waals surface area contributed by atoms with Gasteiger partial charge < -0.3 is 4.79 Å². The summed E-state index contributed by atoms with van der Waals surface area (Å²) in [5, 5.41) is 0. The molecule has 1 aliphatic carbocycles. The van der Waals surface area contributed by atoms with Gasteiger partial charge in [-0.1, -0.05) is 42.5 Å². The van der Waals surface area contributed by atoms with Crippen molar-refractivity contribution in [2.45, 2.75) is 18.6 Å². The van der Waals surface area contributed by atoms with Crippen molar-refractivity contribution in [3.05, 3.63) is 48.0 Å². The second-order valence-electron chi connectivity index (χ2n) is 2.88. The Morgan fingerprint density at radius 1 is 1.36 bits per heavy atom. The van der Waals surface area contributed by atoms with Crippen LogP contribution in [0.15, 0.2) is 42.5 Å². The number of rotatable bonds is 2. The third kappa shape index (κ3) is 1.92. The van der Waals surface area contributed by atoms with E-state index in [-0.39, 0.29) is 5.56 Å². The topological polar surface area (TPSA) is 17.1 Å². The molecular formula is C13H14O. The number of aldehydes is 1. The number of hydrogen-bond donors (Lipinski definition) is 0. The van der Waals surface area contributed by atoms with E-state index >= 15 is 0 Å². The minimum Gasteiger partial charge on any atom is -0.303 e. The highest BCUT2D eigenvalue weighted by molar-refractivity contribution is 5.57. The van der Waals surface area contributed by atoms with E-state index in [9.17, 15) is 4.79 Å².